The number of piperidine rings is 1. The van der Waals surface area contributed by atoms with Crippen molar-refractivity contribution in [3.8, 4) is 0 Å². The number of para-hydroxylation sites is 1. The monoisotopic (exact) mass is 519 g/mol. The molecule has 1 aliphatic heterocycles. The summed E-state index contributed by atoms with van der Waals surface area (Å²) < 4.78 is 50.1. The Morgan fingerprint density at radius 2 is 1.83 bits per heavy atom. The highest BCUT2D eigenvalue weighted by atomic mass is 32.2. The minimum Gasteiger partial charge on any atom is -0.380 e. The third-order valence-electron chi connectivity index (χ3n) is 6.09. The van der Waals surface area contributed by atoms with E-state index >= 15 is 0 Å². The Labute approximate surface area is 208 Å². The Bertz CT molecular complexity index is 1370. The Morgan fingerprint density at radius 1 is 1.14 bits per heavy atom. The van der Waals surface area contributed by atoms with Crippen molar-refractivity contribution in [3.05, 3.63) is 58.6 Å². The van der Waals surface area contributed by atoms with Gasteiger partial charge in [-0.15, -0.1) is 0 Å². The number of thiazole rings is 1. The van der Waals surface area contributed by atoms with Gasteiger partial charge < -0.3 is 9.30 Å². The molecule has 2 atom stereocenters. The van der Waals surface area contributed by atoms with Crippen molar-refractivity contribution < 1.29 is 22.3 Å². The van der Waals surface area contributed by atoms with Crippen LogP contribution in [0.5, 0.6) is 0 Å². The van der Waals surface area contributed by atoms with Crippen LogP contribution in [0.3, 0.4) is 0 Å². The lowest BCUT2D eigenvalue weighted by Gasteiger charge is -2.34. The van der Waals surface area contributed by atoms with E-state index in [2.05, 4.69) is 18.8 Å². The second-order valence-electron chi connectivity index (χ2n) is 9.03. The molecular weight excluding hydrogens is 489 g/mol. The number of ether oxygens (including phenoxy) is 1. The first-order valence-corrected chi connectivity index (χ1v) is 14.0. The van der Waals surface area contributed by atoms with E-state index in [9.17, 15) is 17.6 Å². The number of halogens is 1. The highest BCUT2D eigenvalue weighted by Gasteiger charge is 2.31. The SMILES string of the molecule is CCOCCn1c(=NC(=O)c2ccc(S(=O)(=O)N3CC(C)CC(C)C3)cc2)sc2cccc(F)c21. The first-order valence-electron chi connectivity index (χ1n) is 11.8. The number of benzene rings is 2. The van der Waals surface area contributed by atoms with Crippen LogP contribution in [-0.4, -0.2) is 49.5 Å². The van der Waals surface area contributed by atoms with Crippen molar-refractivity contribution in [2.75, 3.05) is 26.3 Å². The molecular formula is C25H30FN3O4S2. The predicted molar refractivity (Wildman–Crippen MR) is 134 cm³/mol. The topological polar surface area (TPSA) is 81.0 Å². The summed E-state index contributed by atoms with van der Waals surface area (Å²) in [6, 6.07) is 10.6. The van der Waals surface area contributed by atoms with Gasteiger partial charge in [-0.1, -0.05) is 31.3 Å². The molecule has 4 rings (SSSR count). The van der Waals surface area contributed by atoms with Gasteiger partial charge in [0.15, 0.2) is 4.80 Å². The number of rotatable bonds is 7. The van der Waals surface area contributed by atoms with Gasteiger partial charge in [-0.05, 0) is 61.6 Å². The number of hydrogen-bond donors (Lipinski definition) is 0. The largest absolute Gasteiger partial charge is 0.380 e. The molecule has 35 heavy (non-hydrogen) atoms. The number of amides is 1. The number of sulfonamides is 1. The second kappa shape index (κ2) is 10.7. The van der Waals surface area contributed by atoms with Gasteiger partial charge in [0.1, 0.15) is 5.82 Å². The summed E-state index contributed by atoms with van der Waals surface area (Å²) in [5.74, 6) is -0.311. The lowest BCUT2D eigenvalue weighted by molar-refractivity contribution is 0.0996. The van der Waals surface area contributed by atoms with Crippen LogP contribution in [0.1, 0.15) is 37.6 Å². The molecule has 1 fully saturated rings. The molecule has 3 aromatic rings. The lowest BCUT2D eigenvalue weighted by atomic mass is 9.94. The first kappa shape index (κ1) is 25.7. The average Bonchev–Trinajstić information content (AvgIpc) is 3.17. The van der Waals surface area contributed by atoms with Crippen LogP contribution in [0.2, 0.25) is 0 Å². The number of fused-ring (bicyclic) bond motifs is 1. The van der Waals surface area contributed by atoms with Crippen molar-refractivity contribution >= 4 is 37.5 Å². The molecule has 1 aromatic heterocycles. The smallest absolute Gasteiger partial charge is 0.279 e. The van der Waals surface area contributed by atoms with Gasteiger partial charge in [0, 0.05) is 31.8 Å². The van der Waals surface area contributed by atoms with Crippen molar-refractivity contribution in [2.24, 2.45) is 16.8 Å². The number of carbonyl (C=O) groups excluding carboxylic acids is 1. The van der Waals surface area contributed by atoms with Gasteiger partial charge >= 0.3 is 0 Å². The molecule has 1 saturated heterocycles. The van der Waals surface area contributed by atoms with E-state index < -0.39 is 15.9 Å². The number of nitrogens with zero attached hydrogens (tertiary/aromatic N) is 3. The van der Waals surface area contributed by atoms with Crippen LogP contribution in [0, 0.1) is 17.7 Å². The summed E-state index contributed by atoms with van der Waals surface area (Å²) in [6.45, 7) is 8.22. The van der Waals surface area contributed by atoms with Crippen molar-refractivity contribution in [1.82, 2.24) is 8.87 Å². The summed E-state index contributed by atoms with van der Waals surface area (Å²) in [6.07, 6.45) is 1.01. The fourth-order valence-electron chi connectivity index (χ4n) is 4.55. The van der Waals surface area contributed by atoms with Crippen LogP contribution in [0.15, 0.2) is 52.4 Å². The standard InChI is InChI=1S/C25H30FN3O4S2/c1-4-33-13-12-29-23-21(26)6-5-7-22(23)34-25(29)27-24(30)19-8-10-20(11-9-19)35(31,32)28-15-17(2)14-18(3)16-28/h5-11,17-18H,4,12-16H2,1-3H3. The zero-order valence-electron chi connectivity index (χ0n) is 20.1. The van der Waals surface area contributed by atoms with E-state index in [1.807, 2.05) is 6.92 Å². The molecule has 1 aliphatic rings. The molecule has 2 aromatic carbocycles. The maximum Gasteiger partial charge on any atom is 0.279 e. The van der Waals surface area contributed by atoms with Gasteiger partial charge in [0.25, 0.3) is 5.91 Å². The molecule has 0 spiro atoms. The van der Waals surface area contributed by atoms with Crippen LogP contribution in [0.25, 0.3) is 10.2 Å². The molecule has 0 aliphatic carbocycles. The molecule has 2 unspecified atom stereocenters. The predicted octanol–water partition coefficient (Wildman–Crippen LogP) is 4.29. The van der Waals surface area contributed by atoms with E-state index in [-0.39, 0.29) is 16.3 Å². The Kier molecular flexibility index (Phi) is 7.85. The quantitative estimate of drug-likeness (QED) is 0.436. The van der Waals surface area contributed by atoms with Gasteiger partial charge in [0.2, 0.25) is 10.0 Å². The van der Waals surface area contributed by atoms with Crippen LogP contribution >= 0.6 is 11.3 Å². The fourth-order valence-corrected chi connectivity index (χ4v) is 7.30. The maximum absolute atomic E-state index is 14.5. The molecule has 0 saturated carbocycles. The lowest BCUT2D eigenvalue weighted by Crippen LogP contribution is -2.42. The summed E-state index contributed by atoms with van der Waals surface area (Å²) >= 11 is 1.22. The molecule has 7 nitrogen and oxygen atoms in total. The minimum absolute atomic E-state index is 0.158. The van der Waals surface area contributed by atoms with Crippen LogP contribution in [0.4, 0.5) is 4.39 Å². The maximum atomic E-state index is 14.5. The molecule has 0 radical (unpaired) electrons. The second-order valence-corrected chi connectivity index (χ2v) is 12.0. The van der Waals surface area contributed by atoms with Crippen molar-refractivity contribution in [2.45, 2.75) is 38.6 Å². The Morgan fingerprint density at radius 3 is 2.49 bits per heavy atom. The fraction of sp³-hybridized carbons (Fsp3) is 0.440. The van der Waals surface area contributed by atoms with E-state index in [4.69, 9.17) is 4.74 Å². The van der Waals surface area contributed by atoms with Gasteiger partial charge in [-0.3, -0.25) is 4.79 Å². The van der Waals surface area contributed by atoms with E-state index in [1.165, 1.54) is 46.0 Å². The van der Waals surface area contributed by atoms with Crippen LogP contribution in [-0.2, 0) is 21.3 Å². The summed E-state index contributed by atoms with van der Waals surface area (Å²) in [4.78, 5) is 17.7. The third kappa shape index (κ3) is 5.55. The van der Waals surface area contributed by atoms with E-state index in [0.29, 0.717) is 59.7 Å². The zero-order valence-corrected chi connectivity index (χ0v) is 21.7. The number of hydrogen-bond acceptors (Lipinski definition) is 5. The summed E-state index contributed by atoms with van der Waals surface area (Å²) in [5.41, 5.74) is 0.647. The molecule has 188 valence electrons. The Balaban J connectivity index is 1.63. The molecule has 2 heterocycles. The van der Waals surface area contributed by atoms with E-state index in [1.54, 1.807) is 16.7 Å². The van der Waals surface area contributed by atoms with Crippen molar-refractivity contribution in [3.63, 3.8) is 0 Å². The number of carbonyl (C=O) groups is 1. The zero-order chi connectivity index (χ0) is 25.2. The molecule has 0 N–H and O–H groups in total. The van der Waals surface area contributed by atoms with Gasteiger partial charge in [0.05, 0.1) is 21.7 Å². The van der Waals surface area contributed by atoms with Crippen molar-refractivity contribution in [1.29, 1.82) is 0 Å². The van der Waals surface area contributed by atoms with E-state index in [0.717, 1.165) is 6.42 Å². The molecule has 1 amide bonds. The highest BCUT2D eigenvalue weighted by Crippen LogP contribution is 2.27. The van der Waals surface area contributed by atoms with Gasteiger partial charge in [-0.25, -0.2) is 12.8 Å². The third-order valence-corrected chi connectivity index (χ3v) is 8.98. The highest BCUT2D eigenvalue weighted by molar-refractivity contribution is 7.89. The number of aromatic nitrogens is 1. The minimum atomic E-state index is -3.64. The first-order chi connectivity index (χ1) is 16.7. The molecule has 0 bridgehead atoms. The summed E-state index contributed by atoms with van der Waals surface area (Å²) in [7, 11) is -3.64. The summed E-state index contributed by atoms with van der Waals surface area (Å²) in [5, 5.41) is 0. The normalized spacial score (nSPS) is 19.9. The Hall–Kier alpha value is -2.40. The van der Waals surface area contributed by atoms with Crippen LogP contribution < -0.4 is 4.80 Å². The van der Waals surface area contributed by atoms with Gasteiger partial charge in [-0.2, -0.15) is 9.30 Å². The molecule has 10 heteroatoms. The average molecular weight is 520 g/mol.